The van der Waals surface area contributed by atoms with Crippen LogP contribution in [0.1, 0.15) is 6.42 Å². The van der Waals surface area contributed by atoms with Crippen molar-refractivity contribution in [1.29, 1.82) is 0 Å². The molecule has 0 fully saturated rings. The molecule has 78 valence electrons. The second-order valence-corrected chi connectivity index (χ2v) is 3.61. The number of aromatic amines is 1. The summed E-state index contributed by atoms with van der Waals surface area (Å²) in [5, 5.41) is 14.4. The number of anilines is 2. The van der Waals surface area contributed by atoms with Crippen LogP contribution in [-0.2, 0) is 6.54 Å². The summed E-state index contributed by atoms with van der Waals surface area (Å²) >= 11 is 0. The van der Waals surface area contributed by atoms with Gasteiger partial charge in [0.15, 0.2) is 0 Å². The lowest BCUT2D eigenvalue weighted by molar-refractivity contribution is 0.568. The number of nitrogen functional groups attached to an aromatic ring is 1. The molecular formula is C9H12N6. The lowest BCUT2D eigenvalue weighted by Gasteiger charge is -2.16. The maximum atomic E-state index is 5.81. The Morgan fingerprint density at radius 2 is 2.33 bits per heavy atom. The predicted molar refractivity (Wildman–Crippen MR) is 57.3 cm³/mol. The summed E-state index contributed by atoms with van der Waals surface area (Å²) in [6.45, 7) is 1.93. The molecule has 0 atom stereocenters. The van der Waals surface area contributed by atoms with E-state index >= 15 is 0 Å². The Bertz CT molecular complexity index is 483. The van der Waals surface area contributed by atoms with Gasteiger partial charge in [0.1, 0.15) is 5.82 Å². The quantitative estimate of drug-likeness (QED) is 0.637. The smallest absolute Gasteiger partial charge is 0.133 e. The molecule has 0 aliphatic carbocycles. The van der Waals surface area contributed by atoms with E-state index in [0.29, 0.717) is 5.69 Å². The van der Waals surface area contributed by atoms with Gasteiger partial charge in [0.05, 0.1) is 29.3 Å². The van der Waals surface area contributed by atoms with Gasteiger partial charge >= 0.3 is 0 Å². The van der Waals surface area contributed by atoms with Gasteiger partial charge in [-0.3, -0.25) is 5.10 Å². The van der Waals surface area contributed by atoms with Crippen molar-refractivity contribution in [2.24, 2.45) is 0 Å². The van der Waals surface area contributed by atoms with E-state index in [-0.39, 0.29) is 0 Å². The maximum absolute atomic E-state index is 5.81. The van der Waals surface area contributed by atoms with Crippen LogP contribution >= 0.6 is 0 Å². The third-order valence-corrected chi connectivity index (χ3v) is 2.62. The second kappa shape index (κ2) is 3.01. The summed E-state index contributed by atoms with van der Waals surface area (Å²) in [6.07, 6.45) is 4.53. The highest BCUT2D eigenvalue weighted by molar-refractivity contribution is 5.80. The largest absolute Gasteiger partial charge is 0.396 e. The Morgan fingerprint density at radius 3 is 3.13 bits per heavy atom. The molecule has 6 heteroatoms. The Balaban J connectivity index is 2.13. The SMILES string of the molecule is Nc1cn[nH]c1-c1cnn2c1NCCC2. The van der Waals surface area contributed by atoms with Crippen LogP contribution in [-0.4, -0.2) is 26.5 Å². The van der Waals surface area contributed by atoms with Gasteiger partial charge in [-0.25, -0.2) is 4.68 Å². The average Bonchev–Trinajstić information content (AvgIpc) is 2.83. The molecule has 0 aromatic carbocycles. The molecule has 0 saturated heterocycles. The maximum Gasteiger partial charge on any atom is 0.133 e. The molecule has 2 aromatic rings. The zero-order valence-electron chi connectivity index (χ0n) is 8.20. The number of aryl methyl sites for hydroxylation is 1. The van der Waals surface area contributed by atoms with Crippen LogP contribution in [0.4, 0.5) is 11.5 Å². The number of nitrogens with one attached hydrogen (secondary N) is 2. The van der Waals surface area contributed by atoms with Crippen LogP contribution in [0.2, 0.25) is 0 Å². The van der Waals surface area contributed by atoms with Gasteiger partial charge < -0.3 is 11.1 Å². The minimum atomic E-state index is 0.651. The van der Waals surface area contributed by atoms with Crippen molar-refractivity contribution < 1.29 is 0 Å². The highest BCUT2D eigenvalue weighted by Crippen LogP contribution is 2.31. The Morgan fingerprint density at radius 1 is 1.40 bits per heavy atom. The molecule has 2 aromatic heterocycles. The highest BCUT2D eigenvalue weighted by Gasteiger charge is 2.17. The van der Waals surface area contributed by atoms with Crippen LogP contribution in [0.3, 0.4) is 0 Å². The molecule has 0 radical (unpaired) electrons. The van der Waals surface area contributed by atoms with E-state index in [2.05, 4.69) is 20.6 Å². The van der Waals surface area contributed by atoms with Crippen molar-refractivity contribution in [2.45, 2.75) is 13.0 Å². The molecule has 1 aliphatic heterocycles. The van der Waals surface area contributed by atoms with Gasteiger partial charge in [-0.15, -0.1) is 0 Å². The fourth-order valence-corrected chi connectivity index (χ4v) is 1.87. The van der Waals surface area contributed by atoms with Crippen molar-refractivity contribution in [2.75, 3.05) is 17.6 Å². The first-order chi connectivity index (χ1) is 7.36. The first-order valence-electron chi connectivity index (χ1n) is 4.95. The molecule has 0 amide bonds. The molecule has 0 unspecified atom stereocenters. The molecule has 1 aliphatic rings. The summed E-state index contributed by atoms with van der Waals surface area (Å²) in [4.78, 5) is 0. The van der Waals surface area contributed by atoms with Crippen LogP contribution < -0.4 is 11.1 Å². The number of H-pyrrole nitrogens is 1. The summed E-state index contributed by atoms with van der Waals surface area (Å²) in [5.74, 6) is 1.03. The second-order valence-electron chi connectivity index (χ2n) is 3.61. The first-order valence-corrected chi connectivity index (χ1v) is 4.95. The molecule has 4 N–H and O–H groups in total. The third kappa shape index (κ3) is 1.18. The third-order valence-electron chi connectivity index (χ3n) is 2.62. The molecule has 15 heavy (non-hydrogen) atoms. The molecule has 0 spiro atoms. The van der Waals surface area contributed by atoms with Crippen molar-refractivity contribution in [3.63, 3.8) is 0 Å². The van der Waals surface area contributed by atoms with Crippen molar-refractivity contribution >= 4 is 11.5 Å². The van der Waals surface area contributed by atoms with Gasteiger partial charge in [0.2, 0.25) is 0 Å². The molecule has 0 saturated carbocycles. The van der Waals surface area contributed by atoms with Crippen LogP contribution in [0.25, 0.3) is 11.3 Å². The number of nitrogens with zero attached hydrogens (tertiary/aromatic N) is 3. The summed E-state index contributed by atoms with van der Waals surface area (Å²) in [5.41, 5.74) is 8.29. The van der Waals surface area contributed by atoms with E-state index < -0.39 is 0 Å². The van der Waals surface area contributed by atoms with E-state index in [9.17, 15) is 0 Å². The molecule has 6 nitrogen and oxygen atoms in total. The van der Waals surface area contributed by atoms with E-state index in [0.717, 1.165) is 36.6 Å². The number of hydrogen-bond donors (Lipinski definition) is 3. The number of fused-ring (bicyclic) bond motifs is 1. The van der Waals surface area contributed by atoms with Crippen LogP contribution in [0, 0.1) is 0 Å². The minimum Gasteiger partial charge on any atom is -0.396 e. The minimum absolute atomic E-state index is 0.651. The van der Waals surface area contributed by atoms with E-state index in [1.807, 2.05) is 10.9 Å². The fraction of sp³-hybridized carbons (Fsp3) is 0.333. The lowest BCUT2D eigenvalue weighted by atomic mass is 10.2. The van der Waals surface area contributed by atoms with Crippen LogP contribution in [0.15, 0.2) is 12.4 Å². The summed E-state index contributed by atoms with van der Waals surface area (Å²) in [6, 6.07) is 0. The first kappa shape index (κ1) is 8.34. The number of aromatic nitrogens is 4. The van der Waals surface area contributed by atoms with Gasteiger partial charge in [0, 0.05) is 13.1 Å². The lowest BCUT2D eigenvalue weighted by Crippen LogP contribution is -2.17. The molecule has 0 bridgehead atoms. The van der Waals surface area contributed by atoms with Gasteiger partial charge in [-0.2, -0.15) is 10.2 Å². The van der Waals surface area contributed by atoms with E-state index in [1.165, 1.54) is 0 Å². The topological polar surface area (TPSA) is 84.6 Å². The zero-order chi connectivity index (χ0) is 10.3. The number of hydrogen-bond acceptors (Lipinski definition) is 4. The Labute approximate surface area is 86.5 Å². The zero-order valence-corrected chi connectivity index (χ0v) is 8.20. The van der Waals surface area contributed by atoms with Crippen molar-refractivity contribution in [1.82, 2.24) is 20.0 Å². The van der Waals surface area contributed by atoms with Crippen molar-refractivity contribution in [3.8, 4) is 11.3 Å². The summed E-state index contributed by atoms with van der Waals surface area (Å²) < 4.78 is 1.96. The Hall–Kier alpha value is -1.98. The number of rotatable bonds is 1. The molecule has 3 rings (SSSR count). The van der Waals surface area contributed by atoms with Gasteiger partial charge in [-0.1, -0.05) is 0 Å². The molecular weight excluding hydrogens is 192 g/mol. The summed E-state index contributed by atoms with van der Waals surface area (Å²) in [7, 11) is 0. The fourth-order valence-electron chi connectivity index (χ4n) is 1.87. The molecule has 3 heterocycles. The van der Waals surface area contributed by atoms with Gasteiger partial charge in [-0.05, 0) is 6.42 Å². The van der Waals surface area contributed by atoms with Crippen LogP contribution in [0.5, 0.6) is 0 Å². The van der Waals surface area contributed by atoms with Gasteiger partial charge in [0.25, 0.3) is 0 Å². The average molecular weight is 204 g/mol. The van der Waals surface area contributed by atoms with E-state index in [1.54, 1.807) is 6.20 Å². The number of nitrogens with two attached hydrogens (primary N) is 1. The van der Waals surface area contributed by atoms with E-state index in [4.69, 9.17) is 5.73 Å². The standard InChI is InChI=1S/C9H12N6/c10-7-5-12-14-8(7)6-4-13-15-3-1-2-11-9(6)15/h4-5,11H,1-3,10H2,(H,12,14). The van der Waals surface area contributed by atoms with Crippen molar-refractivity contribution in [3.05, 3.63) is 12.4 Å². The Kier molecular flexibility index (Phi) is 1.67. The highest BCUT2D eigenvalue weighted by atomic mass is 15.3. The normalized spacial score (nSPS) is 14.7. The predicted octanol–water partition coefficient (Wildman–Crippen LogP) is 0.671. The monoisotopic (exact) mass is 204 g/mol.